The second-order valence-electron chi connectivity index (χ2n) is 8.97. The Morgan fingerprint density at radius 3 is 2.74 bits per heavy atom. The number of aromatic nitrogens is 4. The highest BCUT2D eigenvalue weighted by Crippen LogP contribution is 2.30. The van der Waals surface area contributed by atoms with Crippen LogP contribution in [0.1, 0.15) is 10.4 Å². The molecule has 2 aromatic carbocycles. The van der Waals surface area contributed by atoms with Gasteiger partial charge in [0.1, 0.15) is 18.2 Å². The molecule has 0 saturated carbocycles. The average Bonchev–Trinajstić information content (AvgIpc) is 3.55. The predicted molar refractivity (Wildman–Crippen MR) is 139 cm³/mol. The third kappa shape index (κ3) is 4.79. The Hall–Kier alpha value is -4.03. The van der Waals surface area contributed by atoms with E-state index in [1.807, 2.05) is 17.0 Å². The normalized spacial score (nSPS) is 16.3. The number of carbonyl (C=O) groups is 1. The van der Waals surface area contributed by atoms with E-state index in [2.05, 4.69) is 43.9 Å². The number of hydrogen-bond donors (Lipinski definition) is 2. The zero-order valence-corrected chi connectivity index (χ0v) is 20.8. The monoisotopic (exact) mass is 537 g/mol. The van der Waals surface area contributed by atoms with Gasteiger partial charge < -0.3 is 15.5 Å². The Morgan fingerprint density at radius 1 is 1.13 bits per heavy atom. The summed E-state index contributed by atoms with van der Waals surface area (Å²) in [6, 6.07) is 14.5. The van der Waals surface area contributed by atoms with Gasteiger partial charge in [0.05, 0.1) is 23.2 Å². The number of hydrogen-bond acceptors (Lipinski definition) is 7. The van der Waals surface area contributed by atoms with Crippen LogP contribution in [0.25, 0.3) is 26.8 Å². The number of rotatable bonds is 5. The van der Waals surface area contributed by atoms with E-state index in [-0.39, 0.29) is 5.91 Å². The number of fused-ring (bicyclic) bond motifs is 2. The summed E-state index contributed by atoms with van der Waals surface area (Å²) in [4.78, 5) is 24.8. The largest absolute Gasteiger partial charge is 0.416 e. The summed E-state index contributed by atoms with van der Waals surface area (Å²) < 4.78 is 41.5. The Bertz CT molecular complexity index is 1580. The lowest BCUT2D eigenvalue weighted by molar-refractivity contribution is -0.137. The van der Waals surface area contributed by atoms with Gasteiger partial charge in [0, 0.05) is 35.4 Å². The summed E-state index contributed by atoms with van der Waals surface area (Å²) in [5, 5.41) is 12.5. The van der Waals surface area contributed by atoms with E-state index in [0.717, 1.165) is 22.4 Å². The lowest BCUT2D eigenvalue weighted by atomic mass is 10.2. The molecule has 1 amide bonds. The first-order chi connectivity index (χ1) is 18.3. The number of thiophene rings is 1. The summed E-state index contributed by atoms with van der Waals surface area (Å²) in [6.07, 6.45) is -1.30. The predicted octanol–water partition coefficient (Wildman–Crippen LogP) is 4.14. The van der Waals surface area contributed by atoms with Crippen molar-refractivity contribution in [3.63, 3.8) is 0 Å². The number of nitrogens with zero attached hydrogens (tertiary/aromatic N) is 5. The standard InChI is InChI=1S/C26H22F3N7OS/c27-26(28,29)17-5-7-18(8-6-17)36-13-20-23(34-36)32-15-33-24(20)35-10-9-30-21(14-35)25(37)31-12-19-11-16-3-1-2-4-22(16)38-19/h1-8,11,13,15,21,30H,9-10,12,14H2,(H,31,37). The molecule has 1 aliphatic heterocycles. The number of alkyl halides is 3. The molecule has 2 N–H and O–H groups in total. The van der Waals surface area contributed by atoms with Crippen molar-refractivity contribution in [1.29, 1.82) is 0 Å². The lowest BCUT2D eigenvalue weighted by Crippen LogP contribution is -2.57. The molecule has 1 fully saturated rings. The molecule has 38 heavy (non-hydrogen) atoms. The molecule has 12 heteroatoms. The van der Waals surface area contributed by atoms with Crippen LogP contribution in [0.2, 0.25) is 0 Å². The zero-order valence-electron chi connectivity index (χ0n) is 19.9. The Kier molecular flexibility index (Phi) is 6.20. The fourth-order valence-corrected chi connectivity index (χ4v) is 5.56. The molecule has 6 rings (SSSR count). The summed E-state index contributed by atoms with van der Waals surface area (Å²) in [6.45, 7) is 2.06. The van der Waals surface area contributed by atoms with Crippen LogP contribution in [0.5, 0.6) is 0 Å². The van der Waals surface area contributed by atoms with Gasteiger partial charge in [0.15, 0.2) is 5.65 Å². The molecule has 1 saturated heterocycles. The number of halogens is 3. The number of piperazine rings is 1. The summed E-state index contributed by atoms with van der Waals surface area (Å²) in [5.41, 5.74) is 0.163. The number of anilines is 1. The van der Waals surface area contributed by atoms with Crippen molar-refractivity contribution in [2.45, 2.75) is 18.8 Å². The van der Waals surface area contributed by atoms with Gasteiger partial charge in [-0.1, -0.05) is 18.2 Å². The van der Waals surface area contributed by atoms with Gasteiger partial charge >= 0.3 is 6.18 Å². The van der Waals surface area contributed by atoms with Crippen LogP contribution in [0, 0.1) is 0 Å². The SMILES string of the molecule is O=C(NCc1cc2ccccc2s1)C1CN(c2ncnc3nn(-c4ccc(C(F)(F)F)cc4)cc23)CCN1. The second kappa shape index (κ2) is 9.69. The van der Waals surface area contributed by atoms with Crippen molar-refractivity contribution in [2.24, 2.45) is 0 Å². The van der Waals surface area contributed by atoms with Crippen LogP contribution in [0.3, 0.4) is 0 Å². The smallest absolute Gasteiger partial charge is 0.353 e. The van der Waals surface area contributed by atoms with Gasteiger partial charge in [-0.2, -0.15) is 13.2 Å². The van der Waals surface area contributed by atoms with Crippen LogP contribution < -0.4 is 15.5 Å². The lowest BCUT2D eigenvalue weighted by Gasteiger charge is -2.33. The second-order valence-corrected chi connectivity index (χ2v) is 10.1. The van der Waals surface area contributed by atoms with E-state index in [9.17, 15) is 18.0 Å². The van der Waals surface area contributed by atoms with Gasteiger partial charge in [-0.25, -0.2) is 14.6 Å². The van der Waals surface area contributed by atoms with Crippen LogP contribution in [-0.4, -0.2) is 51.3 Å². The van der Waals surface area contributed by atoms with E-state index in [1.54, 1.807) is 17.5 Å². The van der Waals surface area contributed by atoms with Crippen molar-refractivity contribution < 1.29 is 18.0 Å². The molecular formula is C26H22F3N7OS. The van der Waals surface area contributed by atoms with Crippen LogP contribution >= 0.6 is 11.3 Å². The zero-order chi connectivity index (χ0) is 26.3. The van der Waals surface area contributed by atoms with Gasteiger partial charge in [0.25, 0.3) is 0 Å². The van der Waals surface area contributed by atoms with Gasteiger partial charge in [-0.3, -0.25) is 4.79 Å². The van der Waals surface area contributed by atoms with E-state index < -0.39 is 17.8 Å². The molecule has 1 unspecified atom stereocenters. The number of carbonyl (C=O) groups excluding carboxylic acids is 1. The molecule has 1 atom stereocenters. The first-order valence-corrected chi connectivity index (χ1v) is 12.8. The Morgan fingerprint density at radius 2 is 1.95 bits per heavy atom. The maximum atomic E-state index is 13.0. The maximum absolute atomic E-state index is 13.0. The van der Waals surface area contributed by atoms with E-state index in [0.29, 0.717) is 48.7 Å². The van der Waals surface area contributed by atoms with E-state index >= 15 is 0 Å². The number of benzene rings is 2. The molecule has 4 heterocycles. The topological polar surface area (TPSA) is 88.0 Å². The average molecular weight is 538 g/mol. The highest BCUT2D eigenvalue weighted by Gasteiger charge is 2.30. The van der Waals surface area contributed by atoms with Crippen molar-refractivity contribution >= 4 is 44.2 Å². The molecule has 5 aromatic rings. The maximum Gasteiger partial charge on any atom is 0.416 e. The minimum atomic E-state index is -4.41. The molecule has 3 aromatic heterocycles. The molecule has 0 radical (unpaired) electrons. The van der Waals surface area contributed by atoms with Crippen molar-refractivity contribution in [3.05, 3.63) is 77.6 Å². The molecule has 0 bridgehead atoms. The minimum absolute atomic E-state index is 0.0992. The van der Waals surface area contributed by atoms with E-state index in [1.165, 1.54) is 27.8 Å². The molecule has 194 valence electrons. The van der Waals surface area contributed by atoms with Crippen molar-refractivity contribution in [1.82, 2.24) is 30.4 Å². The number of amides is 1. The van der Waals surface area contributed by atoms with Crippen LogP contribution in [-0.2, 0) is 17.5 Å². The molecular weight excluding hydrogens is 515 g/mol. The first kappa shape index (κ1) is 24.3. The Labute approximate surface area is 219 Å². The van der Waals surface area contributed by atoms with E-state index in [4.69, 9.17) is 0 Å². The summed E-state index contributed by atoms with van der Waals surface area (Å²) in [5.74, 6) is 0.523. The fraction of sp³-hybridized carbons (Fsp3) is 0.231. The quantitative estimate of drug-likeness (QED) is 0.351. The summed E-state index contributed by atoms with van der Waals surface area (Å²) >= 11 is 1.66. The van der Waals surface area contributed by atoms with Gasteiger partial charge in [-0.15, -0.1) is 16.4 Å². The summed E-state index contributed by atoms with van der Waals surface area (Å²) in [7, 11) is 0. The third-order valence-corrected chi connectivity index (χ3v) is 7.58. The van der Waals surface area contributed by atoms with Crippen molar-refractivity contribution in [3.8, 4) is 5.69 Å². The first-order valence-electron chi connectivity index (χ1n) is 12.0. The van der Waals surface area contributed by atoms with Crippen LogP contribution in [0.15, 0.2) is 67.1 Å². The highest BCUT2D eigenvalue weighted by atomic mass is 32.1. The molecule has 0 spiro atoms. The van der Waals surface area contributed by atoms with Crippen molar-refractivity contribution in [2.75, 3.05) is 24.5 Å². The van der Waals surface area contributed by atoms with Gasteiger partial charge in [0.2, 0.25) is 5.91 Å². The molecule has 1 aliphatic rings. The number of nitrogens with one attached hydrogen (secondary N) is 2. The van der Waals surface area contributed by atoms with Crippen LogP contribution in [0.4, 0.5) is 19.0 Å². The molecule has 0 aliphatic carbocycles. The minimum Gasteiger partial charge on any atom is -0.353 e. The third-order valence-electron chi connectivity index (χ3n) is 6.46. The molecule has 8 nitrogen and oxygen atoms in total. The Balaban J connectivity index is 1.17. The van der Waals surface area contributed by atoms with Gasteiger partial charge in [-0.05, 0) is 41.8 Å². The highest BCUT2D eigenvalue weighted by molar-refractivity contribution is 7.19. The fourth-order valence-electron chi connectivity index (χ4n) is 4.55.